The summed E-state index contributed by atoms with van der Waals surface area (Å²) in [6.07, 6.45) is 2.07. The lowest BCUT2D eigenvalue weighted by Crippen LogP contribution is -2.15. The van der Waals surface area contributed by atoms with Crippen LogP contribution in [-0.2, 0) is 0 Å². The Morgan fingerprint density at radius 1 is 1.50 bits per heavy atom. The number of aryl methyl sites for hydroxylation is 1. The third-order valence-corrected chi connectivity index (χ3v) is 3.70. The van der Waals surface area contributed by atoms with E-state index in [4.69, 9.17) is 5.73 Å². The molecule has 14 heavy (non-hydrogen) atoms. The van der Waals surface area contributed by atoms with Crippen molar-refractivity contribution in [1.29, 1.82) is 0 Å². The smallest absolute Gasteiger partial charge is 0.0738 e. The molecule has 80 valence electrons. The first kappa shape index (κ1) is 11.7. The van der Waals surface area contributed by atoms with E-state index in [0.29, 0.717) is 12.6 Å². The minimum absolute atomic E-state index is 0.435. The lowest BCUT2D eigenvalue weighted by atomic mass is 10.1. The Morgan fingerprint density at radius 2 is 2.14 bits per heavy atom. The Morgan fingerprint density at radius 3 is 2.50 bits per heavy atom. The Bertz CT molecular complexity index is 307. The van der Waals surface area contributed by atoms with E-state index in [0.717, 1.165) is 23.0 Å². The third-order valence-electron chi connectivity index (χ3n) is 2.55. The van der Waals surface area contributed by atoms with E-state index < -0.39 is 0 Å². The van der Waals surface area contributed by atoms with Crippen LogP contribution in [0.15, 0.2) is 4.47 Å². The van der Waals surface area contributed by atoms with E-state index in [2.05, 4.69) is 39.6 Å². The zero-order chi connectivity index (χ0) is 10.7. The highest BCUT2D eigenvalue weighted by Gasteiger charge is 2.15. The molecule has 1 unspecified atom stereocenters. The van der Waals surface area contributed by atoms with Gasteiger partial charge in [-0.15, -0.1) is 0 Å². The van der Waals surface area contributed by atoms with Crippen molar-refractivity contribution in [2.75, 3.05) is 6.54 Å². The molecule has 2 N–H and O–H groups in total. The normalized spacial score (nSPS) is 13.2. The summed E-state index contributed by atoms with van der Waals surface area (Å²) >= 11 is 3.53. The second kappa shape index (κ2) is 4.94. The molecule has 1 aromatic rings. The van der Waals surface area contributed by atoms with Gasteiger partial charge in [0.2, 0.25) is 0 Å². The van der Waals surface area contributed by atoms with Gasteiger partial charge in [0.1, 0.15) is 0 Å². The molecular formula is C10H18BrN3. The van der Waals surface area contributed by atoms with Crippen LogP contribution in [0.25, 0.3) is 0 Å². The number of aromatic nitrogens is 2. The lowest BCUT2D eigenvalue weighted by molar-refractivity contribution is 0.408. The van der Waals surface area contributed by atoms with Crippen LogP contribution in [0, 0.1) is 13.8 Å². The van der Waals surface area contributed by atoms with Crippen molar-refractivity contribution in [2.24, 2.45) is 5.73 Å². The number of rotatable bonds is 4. The van der Waals surface area contributed by atoms with Crippen LogP contribution in [0.4, 0.5) is 0 Å². The molecule has 0 aromatic carbocycles. The summed E-state index contributed by atoms with van der Waals surface area (Å²) in [5.41, 5.74) is 7.84. The Labute approximate surface area is 93.8 Å². The van der Waals surface area contributed by atoms with E-state index in [1.165, 1.54) is 5.69 Å². The molecule has 3 nitrogen and oxygen atoms in total. The number of nitrogens with zero attached hydrogens (tertiary/aromatic N) is 2. The average Bonchev–Trinajstić information content (AvgIpc) is 2.42. The summed E-state index contributed by atoms with van der Waals surface area (Å²) in [6, 6.07) is 0.435. The largest absolute Gasteiger partial charge is 0.330 e. The Hall–Kier alpha value is -0.350. The third kappa shape index (κ3) is 2.17. The highest BCUT2D eigenvalue weighted by atomic mass is 79.9. The maximum absolute atomic E-state index is 5.58. The summed E-state index contributed by atoms with van der Waals surface area (Å²) in [4.78, 5) is 0. The fourth-order valence-corrected chi connectivity index (χ4v) is 1.95. The number of hydrogen-bond donors (Lipinski definition) is 1. The molecule has 0 radical (unpaired) electrons. The number of halogens is 1. The number of nitrogens with two attached hydrogens (primary N) is 1. The highest BCUT2D eigenvalue weighted by Crippen LogP contribution is 2.25. The zero-order valence-corrected chi connectivity index (χ0v) is 10.6. The van der Waals surface area contributed by atoms with Crippen LogP contribution in [-0.4, -0.2) is 16.3 Å². The topological polar surface area (TPSA) is 43.8 Å². The summed E-state index contributed by atoms with van der Waals surface area (Å²) in [7, 11) is 0. The molecule has 0 saturated heterocycles. The molecule has 0 amide bonds. The molecule has 0 aliphatic carbocycles. The van der Waals surface area contributed by atoms with Crippen LogP contribution in [0.5, 0.6) is 0 Å². The van der Waals surface area contributed by atoms with Gasteiger partial charge in [0.25, 0.3) is 0 Å². The van der Waals surface area contributed by atoms with Gasteiger partial charge in [-0.2, -0.15) is 5.10 Å². The minimum atomic E-state index is 0.435. The standard InChI is InChI=1S/C10H18BrN3/c1-4-9(5-6-12)14-8(3)10(11)7(2)13-14/h9H,4-6,12H2,1-3H3. The van der Waals surface area contributed by atoms with Gasteiger partial charge in [-0.1, -0.05) is 6.92 Å². The van der Waals surface area contributed by atoms with Crippen molar-refractivity contribution >= 4 is 15.9 Å². The van der Waals surface area contributed by atoms with Gasteiger partial charge in [0.05, 0.1) is 21.9 Å². The van der Waals surface area contributed by atoms with Crippen molar-refractivity contribution in [3.8, 4) is 0 Å². The van der Waals surface area contributed by atoms with Gasteiger partial charge in [0.15, 0.2) is 0 Å². The van der Waals surface area contributed by atoms with E-state index in [9.17, 15) is 0 Å². The van der Waals surface area contributed by atoms with E-state index >= 15 is 0 Å². The van der Waals surface area contributed by atoms with Crippen LogP contribution in [0.1, 0.15) is 37.2 Å². The second-order valence-electron chi connectivity index (χ2n) is 3.57. The van der Waals surface area contributed by atoms with Crippen LogP contribution >= 0.6 is 15.9 Å². The summed E-state index contributed by atoms with van der Waals surface area (Å²) in [5.74, 6) is 0. The van der Waals surface area contributed by atoms with Crippen molar-refractivity contribution < 1.29 is 0 Å². The zero-order valence-electron chi connectivity index (χ0n) is 9.05. The molecule has 1 heterocycles. The lowest BCUT2D eigenvalue weighted by Gasteiger charge is -2.16. The molecule has 0 spiro atoms. The van der Waals surface area contributed by atoms with E-state index in [1.807, 2.05) is 6.92 Å². The minimum Gasteiger partial charge on any atom is -0.330 e. The monoisotopic (exact) mass is 259 g/mol. The molecule has 0 aliphatic heterocycles. The summed E-state index contributed by atoms with van der Waals surface area (Å²) in [5, 5.41) is 4.51. The van der Waals surface area contributed by atoms with Crippen molar-refractivity contribution in [3.63, 3.8) is 0 Å². The van der Waals surface area contributed by atoms with Gasteiger partial charge in [-0.25, -0.2) is 0 Å². The maximum Gasteiger partial charge on any atom is 0.0738 e. The van der Waals surface area contributed by atoms with Gasteiger partial charge in [-0.05, 0) is 49.2 Å². The quantitative estimate of drug-likeness (QED) is 0.904. The number of hydrogen-bond acceptors (Lipinski definition) is 2. The molecule has 4 heteroatoms. The van der Waals surface area contributed by atoms with E-state index in [1.54, 1.807) is 0 Å². The van der Waals surface area contributed by atoms with Gasteiger partial charge >= 0.3 is 0 Å². The van der Waals surface area contributed by atoms with Crippen LogP contribution in [0.3, 0.4) is 0 Å². The van der Waals surface area contributed by atoms with Crippen molar-refractivity contribution in [3.05, 3.63) is 15.9 Å². The fourth-order valence-electron chi connectivity index (χ4n) is 1.69. The Kier molecular flexibility index (Phi) is 4.13. The molecule has 0 aliphatic rings. The average molecular weight is 260 g/mol. The molecule has 1 aromatic heterocycles. The predicted molar refractivity (Wildman–Crippen MR) is 62.4 cm³/mol. The van der Waals surface area contributed by atoms with Crippen molar-refractivity contribution in [1.82, 2.24) is 9.78 Å². The van der Waals surface area contributed by atoms with E-state index in [-0.39, 0.29) is 0 Å². The Balaban J connectivity index is 2.98. The van der Waals surface area contributed by atoms with Crippen molar-refractivity contribution in [2.45, 2.75) is 39.7 Å². The first-order valence-electron chi connectivity index (χ1n) is 5.03. The molecule has 1 atom stereocenters. The maximum atomic E-state index is 5.58. The summed E-state index contributed by atoms with van der Waals surface area (Å²) in [6.45, 7) is 6.99. The van der Waals surface area contributed by atoms with Crippen LogP contribution in [0.2, 0.25) is 0 Å². The first-order valence-corrected chi connectivity index (χ1v) is 5.82. The SMILES string of the molecule is CCC(CCN)n1nc(C)c(Br)c1C. The van der Waals surface area contributed by atoms with Gasteiger partial charge < -0.3 is 5.73 Å². The second-order valence-corrected chi connectivity index (χ2v) is 4.36. The first-order chi connectivity index (χ1) is 6.61. The fraction of sp³-hybridized carbons (Fsp3) is 0.700. The highest BCUT2D eigenvalue weighted by molar-refractivity contribution is 9.10. The summed E-state index contributed by atoms with van der Waals surface area (Å²) < 4.78 is 3.21. The van der Waals surface area contributed by atoms with Crippen LogP contribution < -0.4 is 5.73 Å². The molecule has 0 fully saturated rings. The molecule has 0 bridgehead atoms. The van der Waals surface area contributed by atoms with Gasteiger partial charge in [0, 0.05) is 0 Å². The molecule has 1 rings (SSSR count). The predicted octanol–water partition coefficient (Wildman–Crippen LogP) is 2.56. The molecular weight excluding hydrogens is 242 g/mol. The molecule has 0 saturated carbocycles. The van der Waals surface area contributed by atoms with Gasteiger partial charge in [-0.3, -0.25) is 4.68 Å².